The molecule has 0 atom stereocenters. The Labute approximate surface area is 86.7 Å². The van der Waals surface area contributed by atoms with Gasteiger partial charge in [0, 0.05) is 17.9 Å². The number of carbonyl (C=O) groups is 2. The highest BCUT2D eigenvalue weighted by Gasteiger charge is 2.12. The molecule has 0 unspecified atom stereocenters. The molecule has 0 saturated carbocycles. The number of carbonyl (C=O) groups excluding carboxylic acids is 2. The molecule has 0 amide bonds. The zero-order valence-electron chi connectivity index (χ0n) is 8.53. The van der Waals surface area contributed by atoms with Gasteiger partial charge < -0.3 is 4.42 Å². The number of hydrogen-bond acceptors (Lipinski definition) is 3. The van der Waals surface area contributed by atoms with Crippen molar-refractivity contribution >= 4 is 22.5 Å². The van der Waals surface area contributed by atoms with Crippen molar-refractivity contribution in [3.05, 3.63) is 35.6 Å². The highest BCUT2D eigenvalue weighted by Crippen LogP contribution is 2.23. The summed E-state index contributed by atoms with van der Waals surface area (Å²) in [5.41, 5.74) is 1.16. The van der Waals surface area contributed by atoms with Crippen LogP contribution in [0.25, 0.3) is 11.0 Å². The Morgan fingerprint density at radius 3 is 2.47 bits per heavy atom. The summed E-state index contributed by atoms with van der Waals surface area (Å²) in [4.78, 5) is 22.4. The van der Waals surface area contributed by atoms with Crippen LogP contribution in [-0.4, -0.2) is 11.6 Å². The largest absolute Gasteiger partial charge is 0.453 e. The quantitative estimate of drug-likeness (QED) is 0.703. The van der Waals surface area contributed by atoms with Crippen LogP contribution < -0.4 is 0 Å². The molecule has 0 saturated heterocycles. The second kappa shape index (κ2) is 3.35. The van der Waals surface area contributed by atoms with E-state index < -0.39 is 0 Å². The Balaban J connectivity index is 2.75. The number of hydrogen-bond donors (Lipinski definition) is 0. The van der Waals surface area contributed by atoms with Gasteiger partial charge in [0.15, 0.2) is 17.3 Å². The van der Waals surface area contributed by atoms with E-state index in [1.807, 2.05) is 0 Å². The molecule has 0 spiro atoms. The standard InChI is InChI=1S/C12H10O3/c1-7(13)9-4-3-5-11-10(9)6-12(15-11)8(2)14/h3-6H,1-2H3. The highest BCUT2D eigenvalue weighted by atomic mass is 16.3. The van der Waals surface area contributed by atoms with E-state index in [2.05, 4.69) is 0 Å². The molecule has 0 bridgehead atoms. The van der Waals surface area contributed by atoms with Crippen molar-refractivity contribution in [1.82, 2.24) is 0 Å². The van der Waals surface area contributed by atoms with Crippen LogP contribution in [0.5, 0.6) is 0 Å². The molecule has 1 aromatic heterocycles. The lowest BCUT2D eigenvalue weighted by Crippen LogP contribution is -1.91. The minimum Gasteiger partial charge on any atom is -0.453 e. The van der Waals surface area contributed by atoms with Crippen LogP contribution in [0.4, 0.5) is 0 Å². The maximum atomic E-state index is 11.3. The smallest absolute Gasteiger partial charge is 0.194 e. The van der Waals surface area contributed by atoms with Gasteiger partial charge in [0.05, 0.1) is 0 Å². The Morgan fingerprint density at radius 1 is 1.13 bits per heavy atom. The summed E-state index contributed by atoms with van der Waals surface area (Å²) in [7, 11) is 0. The van der Waals surface area contributed by atoms with Crippen LogP contribution in [-0.2, 0) is 0 Å². The summed E-state index contributed by atoms with van der Waals surface area (Å²) in [6.45, 7) is 2.93. The third kappa shape index (κ3) is 1.56. The fourth-order valence-electron chi connectivity index (χ4n) is 1.54. The van der Waals surface area contributed by atoms with Crippen LogP contribution in [0.1, 0.15) is 34.8 Å². The van der Waals surface area contributed by atoms with E-state index >= 15 is 0 Å². The number of Topliss-reactive ketones (excluding diaryl/α,β-unsaturated/α-hetero) is 2. The average molecular weight is 202 g/mol. The first-order valence-corrected chi connectivity index (χ1v) is 4.64. The molecule has 0 aliphatic heterocycles. The Bertz CT molecular complexity index is 549. The van der Waals surface area contributed by atoms with Crippen molar-refractivity contribution < 1.29 is 14.0 Å². The van der Waals surface area contributed by atoms with Crippen molar-refractivity contribution in [2.45, 2.75) is 13.8 Å². The van der Waals surface area contributed by atoms with Gasteiger partial charge in [-0.1, -0.05) is 12.1 Å². The van der Waals surface area contributed by atoms with E-state index in [4.69, 9.17) is 4.42 Å². The van der Waals surface area contributed by atoms with Gasteiger partial charge in [-0.05, 0) is 19.1 Å². The molecule has 1 heterocycles. The molecule has 76 valence electrons. The average Bonchev–Trinajstić information content (AvgIpc) is 2.60. The zero-order chi connectivity index (χ0) is 11.0. The number of fused-ring (bicyclic) bond motifs is 1. The lowest BCUT2D eigenvalue weighted by Gasteiger charge is -1.94. The van der Waals surface area contributed by atoms with E-state index in [1.54, 1.807) is 24.3 Å². The van der Waals surface area contributed by atoms with E-state index in [0.29, 0.717) is 22.3 Å². The third-order valence-corrected chi connectivity index (χ3v) is 2.29. The molecule has 2 rings (SSSR count). The van der Waals surface area contributed by atoms with Crippen molar-refractivity contribution in [3.63, 3.8) is 0 Å². The van der Waals surface area contributed by atoms with Gasteiger partial charge in [-0.15, -0.1) is 0 Å². The number of ketones is 2. The minimum atomic E-state index is -0.138. The molecule has 2 aromatic rings. The van der Waals surface area contributed by atoms with Crippen molar-refractivity contribution in [2.24, 2.45) is 0 Å². The third-order valence-electron chi connectivity index (χ3n) is 2.29. The van der Waals surface area contributed by atoms with Gasteiger partial charge in [0.25, 0.3) is 0 Å². The van der Waals surface area contributed by atoms with E-state index in [1.165, 1.54) is 13.8 Å². The van der Waals surface area contributed by atoms with Crippen LogP contribution in [0.2, 0.25) is 0 Å². The SMILES string of the molecule is CC(=O)c1cc2c(C(C)=O)cccc2o1. The zero-order valence-corrected chi connectivity index (χ0v) is 8.53. The fraction of sp³-hybridized carbons (Fsp3) is 0.167. The summed E-state index contributed by atoms with van der Waals surface area (Å²) in [5, 5.41) is 0.704. The van der Waals surface area contributed by atoms with E-state index in [9.17, 15) is 9.59 Å². The van der Waals surface area contributed by atoms with Gasteiger partial charge in [0.2, 0.25) is 0 Å². The molecular formula is C12H10O3. The maximum Gasteiger partial charge on any atom is 0.194 e. The van der Waals surface area contributed by atoms with Crippen LogP contribution >= 0.6 is 0 Å². The van der Waals surface area contributed by atoms with Crippen LogP contribution in [0, 0.1) is 0 Å². The highest BCUT2D eigenvalue weighted by molar-refractivity contribution is 6.07. The van der Waals surface area contributed by atoms with E-state index in [-0.39, 0.29) is 11.6 Å². The lowest BCUT2D eigenvalue weighted by atomic mass is 10.1. The molecule has 0 aliphatic carbocycles. The van der Waals surface area contributed by atoms with Gasteiger partial charge in [-0.2, -0.15) is 0 Å². The van der Waals surface area contributed by atoms with Crippen LogP contribution in [0.15, 0.2) is 28.7 Å². The second-order valence-electron chi connectivity index (χ2n) is 3.44. The number of benzene rings is 1. The molecular weight excluding hydrogens is 192 g/mol. The Kier molecular flexibility index (Phi) is 2.15. The minimum absolute atomic E-state index is 0.0310. The Hall–Kier alpha value is -1.90. The summed E-state index contributed by atoms with van der Waals surface area (Å²) >= 11 is 0. The molecule has 3 heteroatoms. The van der Waals surface area contributed by atoms with Crippen molar-refractivity contribution in [3.8, 4) is 0 Å². The number of furan rings is 1. The topological polar surface area (TPSA) is 47.3 Å². The first kappa shape index (κ1) is 9.65. The molecule has 0 N–H and O–H groups in total. The molecule has 0 fully saturated rings. The lowest BCUT2D eigenvalue weighted by molar-refractivity contribution is 0.0987. The summed E-state index contributed by atoms with van der Waals surface area (Å²) in [6, 6.07) is 6.83. The first-order valence-electron chi connectivity index (χ1n) is 4.64. The maximum absolute atomic E-state index is 11.3. The van der Waals surface area contributed by atoms with Crippen molar-refractivity contribution in [1.29, 1.82) is 0 Å². The van der Waals surface area contributed by atoms with Gasteiger partial charge in [-0.25, -0.2) is 0 Å². The predicted octanol–water partition coefficient (Wildman–Crippen LogP) is 2.84. The Morgan fingerprint density at radius 2 is 1.87 bits per heavy atom. The monoisotopic (exact) mass is 202 g/mol. The van der Waals surface area contributed by atoms with Crippen molar-refractivity contribution in [2.75, 3.05) is 0 Å². The van der Waals surface area contributed by atoms with Gasteiger partial charge >= 0.3 is 0 Å². The number of rotatable bonds is 2. The van der Waals surface area contributed by atoms with Gasteiger partial charge in [0.1, 0.15) is 5.58 Å². The summed E-state index contributed by atoms with van der Waals surface area (Å²) in [5.74, 6) is 0.121. The normalized spacial score (nSPS) is 10.5. The first-order chi connectivity index (χ1) is 7.09. The van der Waals surface area contributed by atoms with E-state index in [0.717, 1.165) is 0 Å². The molecule has 3 nitrogen and oxygen atoms in total. The molecule has 1 aromatic carbocycles. The summed E-state index contributed by atoms with van der Waals surface area (Å²) in [6.07, 6.45) is 0. The molecule has 0 aliphatic rings. The summed E-state index contributed by atoms with van der Waals surface area (Å²) < 4.78 is 5.32. The van der Waals surface area contributed by atoms with Gasteiger partial charge in [-0.3, -0.25) is 9.59 Å². The predicted molar refractivity (Wildman–Crippen MR) is 56.2 cm³/mol. The second-order valence-corrected chi connectivity index (χ2v) is 3.44. The molecule has 0 radical (unpaired) electrons. The fourth-order valence-corrected chi connectivity index (χ4v) is 1.54. The van der Waals surface area contributed by atoms with Crippen LogP contribution in [0.3, 0.4) is 0 Å². The molecule has 15 heavy (non-hydrogen) atoms.